The summed E-state index contributed by atoms with van der Waals surface area (Å²) in [6.07, 6.45) is 3.01. The summed E-state index contributed by atoms with van der Waals surface area (Å²) in [5.74, 6) is -4.32. The van der Waals surface area contributed by atoms with Gasteiger partial charge in [0, 0.05) is 0 Å². The average molecular weight is 310 g/mol. The maximum Gasteiger partial charge on any atom is 0.313 e. The molecule has 0 saturated heterocycles. The van der Waals surface area contributed by atoms with Crippen molar-refractivity contribution >= 4 is 11.9 Å². The van der Waals surface area contributed by atoms with E-state index in [-0.39, 0.29) is 19.3 Å². The maximum atomic E-state index is 13.3. The molecule has 0 radical (unpaired) electrons. The lowest BCUT2D eigenvalue weighted by atomic mass is 9.64. The summed E-state index contributed by atoms with van der Waals surface area (Å²) < 4.78 is 26.3. The van der Waals surface area contributed by atoms with Gasteiger partial charge in [-0.1, -0.05) is 18.2 Å². The van der Waals surface area contributed by atoms with Crippen molar-refractivity contribution in [2.75, 3.05) is 0 Å². The summed E-state index contributed by atoms with van der Waals surface area (Å²) in [5.41, 5.74) is -2.35. The van der Waals surface area contributed by atoms with E-state index in [9.17, 15) is 28.6 Å². The van der Waals surface area contributed by atoms with Gasteiger partial charge in [-0.05, 0) is 43.9 Å². The second kappa shape index (κ2) is 5.51. The van der Waals surface area contributed by atoms with Gasteiger partial charge >= 0.3 is 11.9 Å². The average Bonchev–Trinajstić information content (AvgIpc) is 2.43. The molecule has 1 aromatic carbocycles. The number of carboxylic acid groups (broad SMARTS) is 2. The first-order chi connectivity index (χ1) is 10.2. The molecule has 2 N–H and O–H groups in total. The molecule has 2 rings (SSSR count). The Morgan fingerprint density at radius 3 is 2.41 bits per heavy atom. The van der Waals surface area contributed by atoms with Crippen molar-refractivity contribution in [3.63, 3.8) is 0 Å². The quantitative estimate of drug-likeness (QED) is 0.838. The Kier molecular flexibility index (Phi) is 4.04. The molecule has 6 heteroatoms. The molecule has 0 heterocycles. The van der Waals surface area contributed by atoms with Gasteiger partial charge in [0.2, 0.25) is 0 Å². The van der Waals surface area contributed by atoms with Crippen LogP contribution in [0.5, 0.6) is 0 Å². The maximum absolute atomic E-state index is 13.3. The number of carboxylic acids is 2. The third-order valence-electron chi connectivity index (χ3n) is 4.16. The minimum atomic E-state index is -1.45. The number of benzene rings is 1. The largest absolute Gasteiger partial charge is 0.481 e. The molecule has 1 aliphatic rings. The molecule has 0 fully saturated rings. The van der Waals surface area contributed by atoms with E-state index in [1.165, 1.54) is 25.1 Å². The van der Waals surface area contributed by atoms with Crippen LogP contribution in [-0.4, -0.2) is 22.2 Å². The van der Waals surface area contributed by atoms with Gasteiger partial charge in [0.15, 0.2) is 11.6 Å². The van der Waals surface area contributed by atoms with Gasteiger partial charge in [0.25, 0.3) is 0 Å². The van der Waals surface area contributed by atoms with Crippen molar-refractivity contribution in [2.45, 2.75) is 26.2 Å². The first-order valence-electron chi connectivity index (χ1n) is 6.77. The fraction of sp³-hybridized carbons (Fsp3) is 0.375. The van der Waals surface area contributed by atoms with E-state index in [0.717, 1.165) is 12.1 Å². The lowest BCUT2D eigenvalue weighted by molar-refractivity contribution is -0.155. The zero-order chi connectivity index (χ0) is 16.5. The normalized spacial score (nSPS) is 27.6. The second-order valence-corrected chi connectivity index (χ2v) is 6.04. The predicted molar refractivity (Wildman–Crippen MR) is 74.2 cm³/mol. The van der Waals surface area contributed by atoms with Crippen LogP contribution in [0, 0.1) is 22.5 Å². The summed E-state index contributed by atoms with van der Waals surface area (Å²) >= 11 is 0. The monoisotopic (exact) mass is 310 g/mol. The van der Waals surface area contributed by atoms with Crippen LogP contribution in [0.1, 0.15) is 25.3 Å². The zero-order valence-electron chi connectivity index (χ0n) is 12.0. The molecule has 118 valence electrons. The van der Waals surface area contributed by atoms with Gasteiger partial charge in [0.1, 0.15) is 0 Å². The molecule has 0 spiro atoms. The van der Waals surface area contributed by atoms with Crippen LogP contribution >= 0.6 is 0 Å². The molecule has 0 aliphatic heterocycles. The first kappa shape index (κ1) is 16.1. The topological polar surface area (TPSA) is 74.6 Å². The van der Waals surface area contributed by atoms with Crippen molar-refractivity contribution in [1.82, 2.24) is 0 Å². The van der Waals surface area contributed by atoms with Gasteiger partial charge in [0.05, 0.1) is 10.8 Å². The number of rotatable bonds is 4. The minimum Gasteiger partial charge on any atom is -0.481 e. The second-order valence-electron chi connectivity index (χ2n) is 6.04. The van der Waals surface area contributed by atoms with E-state index >= 15 is 0 Å². The van der Waals surface area contributed by atoms with Crippen LogP contribution in [0.15, 0.2) is 30.4 Å². The number of hydrogen-bond acceptors (Lipinski definition) is 2. The van der Waals surface area contributed by atoms with Gasteiger partial charge in [-0.25, -0.2) is 8.78 Å². The van der Waals surface area contributed by atoms with Gasteiger partial charge in [-0.3, -0.25) is 9.59 Å². The highest BCUT2D eigenvalue weighted by molar-refractivity contribution is 5.81. The van der Waals surface area contributed by atoms with Crippen LogP contribution < -0.4 is 0 Å². The Morgan fingerprint density at radius 1 is 1.18 bits per heavy atom. The fourth-order valence-electron chi connectivity index (χ4n) is 2.89. The zero-order valence-corrected chi connectivity index (χ0v) is 12.0. The molecule has 0 amide bonds. The summed E-state index contributed by atoms with van der Waals surface area (Å²) in [7, 11) is 0. The molecule has 0 saturated carbocycles. The molecule has 0 aromatic heterocycles. The number of allylic oxidation sites excluding steroid dienone is 1. The highest BCUT2D eigenvalue weighted by Gasteiger charge is 2.48. The Bertz CT molecular complexity index is 656. The van der Waals surface area contributed by atoms with Crippen molar-refractivity contribution in [1.29, 1.82) is 0 Å². The van der Waals surface area contributed by atoms with Crippen molar-refractivity contribution in [2.24, 2.45) is 10.8 Å². The van der Waals surface area contributed by atoms with Crippen LogP contribution in [0.25, 0.3) is 0 Å². The number of aliphatic carboxylic acids is 2. The van der Waals surface area contributed by atoms with E-state index in [0.29, 0.717) is 5.56 Å². The molecule has 1 aromatic rings. The van der Waals surface area contributed by atoms with Crippen LogP contribution in [-0.2, 0) is 16.0 Å². The van der Waals surface area contributed by atoms with E-state index in [4.69, 9.17) is 0 Å². The summed E-state index contributed by atoms with van der Waals surface area (Å²) in [4.78, 5) is 23.1. The lowest BCUT2D eigenvalue weighted by Crippen LogP contribution is -2.43. The van der Waals surface area contributed by atoms with Crippen LogP contribution in [0.3, 0.4) is 0 Å². The van der Waals surface area contributed by atoms with Crippen molar-refractivity contribution < 1.29 is 28.6 Å². The molecule has 1 aliphatic carbocycles. The smallest absolute Gasteiger partial charge is 0.313 e. The van der Waals surface area contributed by atoms with E-state index in [1.807, 2.05) is 0 Å². The molecule has 22 heavy (non-hydrogen) atoms. The van der Waals surface area contributed by atoms with Gasteiger partial charge < -0.3 is 10.2 Å². The Balaban J connectivity index is 2.39. The molecule has 2 atom stereocenters. The molecule has 0 bridgehead atoms. The highest BCUT2D eigenvalue weighted by Crippen LogP contribution is 2.45. The van der Waals surface area contributed by atoms with Crippen molar-refractivity contribution in [3.05, 3.63) is 47.5 Å². The predicted octanol–water partition coefficient (Wildman–Crippen LogP) is 3.02. The third-order valence-corrected chi connectivity index (χ3v) is 4.16. The number of carbonyl (C=O) groups is 2. The van der Waals surface area contributed by atoms with Crippen molar-refractivity contribution in [3.8, 4) is 0 Å². The molecular formula is C16H16F2O4. The molecule has 4 nitrogen and oxygen atoms in total. The number of halogens is 2. The molecule has 2 unspecified atom stereocenters. The van der Waals surface area contributed by atoms with E-state index < -0.39 is 34.4 Å². The van der Waals surface area contributed by atoms with E-state index in [2.05, 4.69) is 0 Å². The minimum absolute atomic E-state index is 0.0983. The fourth-order valence-corrected chi connectivity index (χ4v) is 2.89. The lowest BCUT2D eigenvalue weighted by Gasteiger charge is -2.38. The Morgan fingerprint density at radius 2 is 1.86 bits per heavy atom. The van der Waals surface area contributed by atoms with Gasteiger partial charge in [-0.15, -0.1) is 0 Å². The number of hydrogen-bond donors (Lipinski definition) is 2. The summed E-state index contributed by atoms with van der Waals surface area (Å²) in [5, 5.41) is 18.9. The Hall–Kier alpha value is -2.24. The van der Waals surface area contributed by atoms with E-state index in [1.54, 1.807) is 0 Å². The van der Waals surface area contributed by atoms with Gasteiger partial charge in [-0.2, -0.15) is 0 Å². The molecular weight excluding hydrogens is 294 g/mol. The van der Waals surface area contributed by atoms with Crippen LogP contribution in [0.2, 0.25) is 0 Å². The first-order valence-corrected chi connectivity index (χ1v) is 6.77. The summed E-state index contributed by atoms with van der Waals surface area (Å²) in [6, 6.07) is 3.19. The third kappa shape index (κ3) is 2.86. The Labute approximate surface area is 126 Å². The van der Waals surface area contributed by atoms with Crippen LogP contribution in [0.4, 0.5) is 8.78 Å². The standard InChI is InChI=1S/C16H16F2O4/c1-15(13(19)20)5-2-6-16(9-15,14(21)22)8-10-3-4-11(17)12(18)7-10/h2-4,6-7H,5,8-9H2,1H3,(H,19,20)(H,21,22). The highest BCUT2D eigenvalue weighted by atomic mass is 19.2. The summed E-state index contributed by atoms with van der Waals surface area (Å²) in [6.45, 7) is 1.49. The SMILES string of the molecule is CC1(C(=O)O)CC=CC(Cc2ccc(F)c(F)c2)(C(=O)O)C1.